The van der Waals surface area contributed by atoms with E-state index >= 15 is 0 Å². The first-order valence-electron chi connectivity index (χ1n) is 10.5. The van der Waals surface area contributed by atoms with Gasteiger partial charge in [-0.1, -0.05) is 11.2 Å². The molecule has 7 heteroatoms. The molecule has 162 valence electrons. The van der Waals surface area contributed by atoms with Crippen molar-refractivity contribution in [2.24, 2.45) is 0 Å². The molecule has 1 aliphatic heterocycles. The highest BCUT2D eigenvalue weighted by Crippen LogP contribution is 2.37. The Morgan fingerprint density at radius 2 is 2.09 bits per heavy atom. The van der Waals surface area contributed by atoms with Gasteiger partial charge < -0.3 is 14.6 Å². The molecule has 2 aromatic carbocycles. The molecule has 1 aliphatic rings. The number of nitrogens with one attached hydrogen (secondary N) is 1. The minimum absolute atomic E-state index is 0.100. The second kappa shape index (κ2) is 8.07. The molecule has 6 nitrogen and oxygen atoms in total. The first-order valence-corrected chi connectivity index (χ1v) is 10.5. The van der Waals surface area contributed by atoms with Crippen LogP contribution in [0.4, 0.5) is 4.39 Å². The molecular formula is C25H22FN3O3. The summed E-state index contributed by atoms with van der Waals surface area (Å²) in [5.74, 6) is 0.990. The molecule has 1 atom stereocenters. The minimum Gasteiger partial charge on any atom is -0.493 e. The van der Waals surface area contributed by atoms with Crippen LogP contribution in [0.2, 0.25) is 0 Å². The Balaban J connectivity index is 1.47. The topological polar surface area (TPSA) is 77.2 Å². The smallest absolute Gasteiger partial charge is 0.225 e. The molecule has 1 unspecified atom stereocenters. The molecule has 3 heterocycles. The number of fused-ring (bicyclic) bond motifs is 2. The molecule has 2 aromatic heterocycles. The van der Waals surface area contributed by atoms with Gasteiger partial charge in [0.25, 0.3) is 0 Å². The Hall–Kier alpha value is -3.74. The zero-order valence-corrected chi connectivity index (χ0v) is 17.8. The number of pyridine rings is 1. The van der Waals surface area contributed by atoms with Crippen LogP contribution in [0.1, 0.15) is 35.0 Å². The Morgan fingerprint density at radius 1 is 1.22 bits per heavy atom. The van der Waals surface area contributed by atoms with Gasteiger partial charge in [-0.3, -0.25) is 9.78 Å². The van der Waals surface area contributed by atoms with Gasteiger partial charge in [-0.2, -0.15) is 0 Å². The van der Waals surface area contributed by atoms with Gasteiger partial charge in [-0.05, 0) is 55.8 Å². The van der Waals surface area contributed by atoms with E-state index in [4.69, 9.17) is 9.26 Å². The van der Waals surface area contributed by atoms with Crippen LogP contribution >= 0.6 is 0 Å². The van der Waals surface area contributed by atoms with E-state index in [2.05, 4.69) is 15.5 Å². The normalized spacial score (nSPS) is 15.3. The third-order valence-corrected chi connectivity index (χ3v) is 5.93. The van der Waals surface area contributed by atoms with Gasteiger partial charge in [-0.25, -0.2) is 4.39 Å². The number of ether oxygens (including phenoxy) is 1. The lowest BCUT2D eigenvalue weighted by atomic mass is 9.94. The van der Waals surface area contributed by atoms with E-state index in [1.165, 1.54) is 6.07 Å². The van der Waals surface area contributed by atoms with E-state index in [0.29, 0.717) is 29.7 Å². The van der Waals surface area contributed by atoms with Crippen molar-refractivity contribution >= 4 is 16.8 Å². The molecule has 0 saturated heterocycles. The van der Waals surface area contributed by atoms with Gasteiger partial charge in [0.2, 0.25) is 5.91 Å². The van der Waals surface area contributed by atoms with Crippen molar-refractivity contribution in [1.29, 1.82) is 0 Å². The lowest BCUT2D eigenvalue weighted by Crippen LogP contribution is -2.33. The van der Waals surface area contributed by atoms with Crippen molar-refractivity contribution in [2.75, 3.05) is 6.61 Å². The number of hydrogen-bond acceptors (Lipinski definition) is 5. The van der Waals surface area contributed by atoms with Crippen molar-refractivity contribution in [3.63, 3.8) is 0 Å². The maximum atomic E-state index is 14.3. The summed E-state index contributed by atoms with van der Waals surface area (Å²) in [4.78, 5) is 17.2. The summed E-state index contributed by atoms with van der Waals surface area (Å²) >= 11 is 0. The minimum atomic E-state index is -0.303. The van der Waals surface area contributed by atoms with Crippen LogP contribution in [0.5, 0.6) is 5.75 Å². The molecular weight excluding hydrogens is 409 g/mol. The molecule has 32 heavy (non-hydrogen) atoms. The summed E-state index contributed by atoms with van der Waals surface area (Å²) in [6.45, 7) is 4.15. The van der Waals surface area contributed by atoms with Crippen molar-refractivity contribution in [3.05, 3.63) is 77.1 Å². The number of rotatable bonds is 4. The van der Waals surface area contributed by atoms with Crippen LogP contribution in [0, 0.1) is 19.7 Å². The average molecular weight is 431 g/mol. The number of aromatic nitrogens is 2. The van der Waals surface area contributed by atoms with Gasteiger partial charge in [0.1, 0.15) is 17.3 Å². The maximum absolute atomic E-state index is 14.3. The molecule has 1 N–H and O–H groups in total. The molecule has 0 saturated carbocycles. The van der Waals surface area contributed by atoms with Crippen LogP contribution in [-0.2, 0) is 11.2 Å². The van der Waals surface area contributed by atoms with Crippen LogP contribution in [0.3, 0.4) is 0 Å². The van der Waals surface area contributed by atoms with Crippen LogP contribution in [-0.4, -0.2) is 22.7 Å². The SMILES string of the molecule is Cc1noc(C)c1CC(=O)NC1CCOc2ccc(-c3ccc(F)c4cccnc34)cc21. The van der Waals surface area contributed by atoms with Crippen molar-refractivity contribution in [1.82, 2.24) is 15.5 Å². The summed E-state index contributed by atoms with van der Waals surface area (Å²) < 4.78 is 25.2. The van der Waals surface area contributed by atoms with Crippen molar-refractivity contribution in [2.45, 2.75) is 32.7 Å². The lowest BCUT2D eigenvalue weighted by molar-refractivity contribution is -0.121. The van der Waals surface area contributed by atoms with Crippen molar-refractivity contribution < 1.29 is 18.4 Å². The molecule has 0 spiro atoms. The van der Waals surface area contributed by atoms with Crippen LogP contribution < -0.4 is 10.1 Å². The number of benzene rings is 2. The number of amides is 1. The Morgan fingerprint density at radius 3 is 2.91 bits per heavy atom. The fourth-order valence-electron chi connectivity index (χ4n) is 4.24. The number of aryl methyl sites for hydroxylation is 2. The first kappa shape index (κ1) is 20.2. The Labute approximate surface area is 184 Å². The largest absolute Gasteiger partial charge is 0.493 e. The third-order valence-electron chi connectivity index (χ3n) is 5.93. The van der Waals surface area contributed by atoms with E-state index < -0.39 is 0 Å². The van der Waals surface area contributed by atoms with E-state index in [-0.39, 0.29) is 24.2 Å². The highest BCUT2D eigenvalue weighted by Gasteiger charge is 2.25. The molecule has 5 rings (SSSR count). The predicted octanol–water partition coefficient (Wildman–Crippen LogP) is 4.83. The third kappa shape index (κ3) is 3.60. The number of hydrogen-bond donors (Lipinski definition) is 1. The number of carbonyl (C=O) groups is 1. The standard InChI is InChI=1S/C25H22FN3O3/c1-14-19(15(2)32-29-14)13-24(30)28-22-9-11-31-23-8-5-16(12-20(22)23)17-6-7-21(26)18-4-3-10-27-25(17)18/h3-8,10,12,22H,9,11,13H2,1-2H3,(H,28,30). The number of halogens is 1. The second-order valence-electron chi connectivity index (χ2n) is 7.98. The summed E-state index contributed by atoms with van der Waals surface area (Å²) in [6.07, 6.45) is 2.52. The van der Waals surface area contributed by atoms with E-state index in [1.54, 1.807) is 31.3 Å². The number of carbonyl (C=O) groups excluding carboxylic acids is 1. The Bertz CT molecular complexity index is 1310. The summed E-state index contributed by atoms with van der Waals surface area (Å²) in [5.41, 5.74) is 4.76. The molecule has 4 aromatic rings. The highest BCUT2D eigenvalue weighted by atomic mass is 19.1. The summed E-state index contributed by atoms with van der Waals surface area (Å²) in [5, 5.41) is 7.52. The average Bonchev–Trinajstić information content (AvgIpc) is 3.11. The van der Waals surface area contributed by atoms with Gasteiger partial charge in [0.15, 0.2) is 0 Å². The van der Waals surface area contributed by atoms with E-state index in [0.717, 1.165) is 33.7 Å². The van der Waals surface area contributed by atoms with Gasteiger partial charge in [-0.15, -0.1) is 0 Å². The monoisotopic (exact) mass is 431 g/mol. The fraction of sp³-hybridized carbons (Fsp3) is 0.240. The number of nitrogens with zero attached hydrogens (tertiary/aromatic N) is 2. The fourth-order valence-corrected chi connectivity index (χ4v) is 4.24. The zero-order valence-electron chi connectivity index (χ0n) is 17.8. The van der Waals surface area contributed by atoms with Gasteiger partial charge in [0.05, 0.1) is 30.3 Å². The lowest BCUT2D eigenvalue weighted by Gasteiger charge is -2.27. The van der Waals surface area contributed by atoms with Gasteiger partial charge >= 0.3 is 0 Å². The molecule has 0 radical (unpaired) electrons. The summed E-state index contributed by atoms with van der Waals surface area (Å²) in [6, 6.07) is 12.3. The van der Waals surface area contributed by atoms with E-state index in [1.807, 2.05) is 25.1 Å². The molecule has 1 amide bonds. The predicted molar refractivity (Wildman–Crippen MR) is 118 cm³/mol. The molecule has 0 bridgehead atoms. The first-order chi connectivity index (χ1) is 15.5. The molecule has 0 fully saturated rings. The quantitative estimate of drug-likeness (QED) is 0.501. The second-order valence-corrected chi connectivity index (χ2v) is 7.98. The van der Waals surface area contributed by atoms with Crippen LogP contribution in [0.25, 0.3) is 22.0 Å². The molecule has 0 aliphatic carbocycles. The van der Waals surface area contributed by atoms with Crippen LogP contribution in [0.15, 0.2) is 53.2 Å². The zero-order chi connectivity index (χ0) is 22.2. The van der Waals surface area contributed by atoms with E-state index in [9.17, 15) is 9.18 Å². The van der Waals surface area contributed by atoms with Crippen molar-refractivity contribution in [3.8, 4) is 16.9 Å². The maximum Gasteiger partial charge on any atom is 0.225 e. The Kier molecular flexibility index (Phi) is 5.09. The summed E-state index contributed by atoms with van der Waals surface area (Å²) in [7, 11) is 0. The van der Waals surface area contributed by atoms with Gasteiger partial charge in [0, 0.05) is 34.7 Å². The highest BCUT2D eigenvalue weighted by molar-refractivity contribution is 5.94.